The number of rotatable bonds is 4. The van der Waals surface area contributed by atoms with E-state index in [-0.39, 0.29) is 5.91 Å². The Bertz CT molecular complexity index is 698. The summed E-state index contributed by atoms with van der Waals surface area (Å²) in [6, 6.07) is 9.35. The predicted molar refractivity (Wildman–Crippen MR) is 90.0 cm³/mol. The lowest BCUT2D eigenvalue weighted by molar-refractivity contribution is 0.0757. The van der Waals surface area contributed by atoms with E-state index in [1.807, 2.05) is 42.2 Å². The quantitative estimate of drug-likeness (QED) is 0.862. The number of hydrogen-bond donors (Lipinski definition) is 0. The van der Waals surface area contributed by atoms with Gasteiger partial charge in [-0.15, -0.1) is 0 Å². The monoisotopic (exact) mass is 329 g/mol. The van der Waals surface area contributed by atoms with Crippen molar-refractivity contribution in [3.8, 4) is 5.75 Å². The van der Waals surface area contributed by atoms with Gasteiger partial charge in [-0.2, -0.15) is 0 Å². The van der Waals surface area contributed by atoms with Crippen LogP contribution in [0.25, 0.3) is 0 Å². The predicted octanol–water partition coefficient (Wildman–Crippen LogP) is 2.34. The molecule has 1 amide bonds. The van der Waals surface area contributed by atoms with Crippen LogP contribution in [-0.4, -0.2) is 54.2 Å². The number of aromatic nitrogens is 1. The molecule has 3 rings (SSSR count). The van der Waals surface area contributed by atoms with Crippen molar-refractivity contribution >= 4 is 5.91 Å². The van der Waals surface area contributed by atoms with E-state index in [9.17, 15) is 4.79 Å². The third-order valence-corrected chi connectivity index (χ3v) is 4.28. The summed E-state index contributed by atoms with van der Waals surface area (Å²) in [5.41, 5.74) is 1.57. The Hall–Kier alpha value is -2.34. The summed E-state index contributed by atoms with van der Waals surface area (Å²) >= 11 is 0. The minimum Gasteiger partial charge on any atom is -0.496 e. The van der Waals surface area contributed by atoms with Crippen LogP contribution < -0.4 is 4.74 Å². The average Bonchev–Trinajstić information content (AvgIpc) is 2.87. The highest BCUT2D eigenvalue weighted by Crippen LogP contribution is 2.20. The van der Waals surface area contributed by atoms with Gasteiger partial charge in [-0.05, 0) is 25.5 Å². The molecule has 0 radical (unpaired) electrons. The number of carbonyl (C=O) groups excluding carboxylic acids is 1. The Morgan fingerprint density at radius 1 is 1.25 bits per heavy atom. The molecule has 24 heavy (non-hydrogen) atoms. The lowest BCUT2D eigenvalue weighted by Gasteiger charge is -2.22. The molecule has 0 spiro atoms. The number of para-hydroxylation sites is 1. The highest BCUT2D eigenvalue weighted by molar-refractivity contribution is 5.97. The van der Waals surface area contributed by atoms with Crippen molar-refractivity contribution in [1.29, 1.82) is 0 Å². The number of aryl methyl sites for hydroxylation is 1. The average molecular weight is 329 g/mol. The van der Waals surface area contributed by atoms with Crippen LogP contribution in [0.2, 0.25) is 0 Å². The van der Waals surface area contributed by atoms with E-state index in [2.05, 4.69) is 10.1 Å². The van der Waals surface area contributed by atoms with Crippen molar-refractivity contribution in [1.82, 2.24) is 15.0 Å². The molecule has 6 nitrogen and oxygen atoms in total. The molecule has 0 N–H and O–H groups in total. The minimum atomic E-state index is 0.0339. The van der Waals surface area contributed by atoms with Crippen LogP contribution in [-0.2, 0) is 6.54 Å². The molecule has 0 saturated carbocycles. The molecule has 1 aromatic carbocycles. The largest absolute Gasteiger partial charge is 0.496 e. The summed E-state index contributed by atoms with van der Waals surface area (Å²) in [5.74, 6) is 1.49. The molecule has 0 atom stereocenters. The molecule has 128 valence electrons. The van der Waals surface area contributed by atoms with E-state index < -0.39 is 0 Å². The van der Waals surface area contributed by atoms with Gasteiger partial charge < -0.3 is 14.2 Å². The Morgan fingerprint density at radius 3 is 2.83 bits per heavy atom. The lowest BCUT2D eigenvalue weighted by atomic mass is 10.1. The lowest BCUT2D eigenvalue weighted by Crippen LogP contribution is -2.35. The molecule has 0 aliphatic carbocycles. The van der Waals surface area contributed by atoms with Gasteiger partial charge in [0.1, 0.15) is 11.5 Å². The van der Waals surface area contributed by atoms with Crippen molar-refractivity contribution in [2.45, 2.75) is 19.9 Å². The van der Waals surface area contributed by atoms with Gasteiger partial charge in [-0.1, -0.05) is 17.3 Å². The minimum absolute atomic E-state index is 0.0339. The van der Waals surface area contributed by atoms with Crippen LogP contribution in [0.3, 0.4) is 0 Å². The molecule has 1 saturated heterocycles. The number of benzene rings is 1. The first-order valence-corrected chi connectivity index (χ1v) is 8.24. The topological polar surface area (TPSA) is 58.8 Å². The first kappa shape index (κ1) is 16.5. The third-order valence-electron chi connectivity index (χ3n) is 4.28. The van der Waals surface area contributed by atoms with Gasteiger partial charge in [0.25, 0.3) is 5.91 Å². The summed E-state index contributed by atoms with van der Waals surface area (Å²) in [6.45, 7) is 5.88. The number of carbonyl (C=O) groups is 1. The van der Waals surface area contributed by atoms with E-state index in [0.717, 1.165) is 44.1 Å². The third kappa shape index (κ3) is 3.76. The molecule has 1 fully saturated rings. The second-order valence-corrected chi connectivity index (χ2v) is 6.05. The molecule has 0 bridgehead atoms. The Labute approximate surface area is 142 Å². The summed E-state index contributed by atoms with van der Waals surface area (Å²) < 4.78 is 10.4. The van der Waals surface area contributed by atoms with Crippen LogP contribution >= 0.6 is 0 Å². The maximum atomic E-state index is 12.8. The summed E-state index contributed by atoms with van der Waals surface area (Å²) in [7, 11) is 1.59. The zero-order chi connectivity index (χ0) is 16.9. The Morgan fingerprint density at radius 2 is 2.08 bits per heavy atom. The molecule has 6 heteroatoms. The molecule has 1 aliphatic heterocycles. The SMILES string of the molecule is COc1ccccc1C(=O)N1CCCN(Cc2cc(C)on2)CC1. The van der Waals surface area contributed by atoms with Gasteiger partial charge in [-0.25, -0.2) is 0 Å². The first-order valence-electron chi connectivity index (χ1n) is 8.24. The van der Waals surface area contributed by atoms with Crippen LogP contribution in [0, 0.1) is 6.92 Å². The summed E-state index contributed by atoms with van der Waals surface area (Å²) in [6.07, 6.45) is 0.942. The first-order chi connectivity index (χ1) is 11.7. The molecular weight excluding hydrogens is 306 g/mol. The molecule has 2 aromatic rings. The molecule has 1 aliphatic rings. The van der Waals surface area contributed by atoms with Crippen molar-refractivity contribution in [3.63, 3.8) is 0 Å². The maximum absolute atomic E-state index is 12.8. The van der Waals surface area contributed by atoms with Gasteiger partial charge in [0, 0.05) is 38.8 Å². The molecular formula is C18H23N3O3. The fourth-order valence-electron chi connectivity index (χ4n) is 3.05. The maximum Gasteiger partial charge on any atom is 0.257 e. The van der Waals surface area contributed by atoms with Crippen LogP contribution in [0.5, 0.6) is 5.75 Å². The second-order valence-electron chi connectivity index (χ2n) is 6.05. The standard InChI is InChI=1S/C18H23N3O3/c1-14-12-15(19-24-14)13-20-8-5-9-21(11-10-20)18(22)16-6-3-4-7-17(16)23-2/h3-4,6-7,12H,5,8-11,13H2,1-2H3. The van der Waals surface area contributed by atoms with E-state index in [4.69, 9.17) is 9.26 Å². The van der Waals surface area contributed by atoms with E-state index >= 15 is 0 Å². The zero-order valence-corrected chi connectivity index (χ0v) is 14.2. The number of methoxy groups -OCH3 is 1. The van der Waals surface area contributed by atoms with E-state index in [1.54, 1.807) is 7.11 Å². The number of ether oxygens (including phenoxy) is 1. The number of amides is 1. The highest BCUT2D eigenvalue weighted by Gasteiger charge is 2.22. The fourth-order valence-corrected chi connectivity index (χ4v) is 3.05. The summed E-state index contributed by atoms with van der Waals surface area (Å²) in [4.78, 5) is 17.0. The van der Waals surface area contributed by atoms with Gasteiger partial charge in [0.05, 0.1) is 18.4 Å². The van der Waals surface area contributed by atoms with E-state index in [0.29, 0.717) is 17.9 Å². The fraction of sp³-hybridized carbons (Fsp3) is 0.444. The van der Waals surface area contributed by atoms with Gasteiger partial charge in [0.2, 0.25) is 0 Å². The van der Waals surface area contributed by atoms with Crippen LogP contribution in [0.15, 0.2) is 34.9 Å². The molecule has 1 aromatic heterocycles. The van der Waals surface area contributed by atoms with Crippen LogP contribution in [0.1, 0.15) is 28.2 Å². The van der Waals surface area contributed by atoms with E-state index in [1.165, 1.54) is 0 Å². The number of hydrogen-bond acceptors (Lipinski definition) is 5. The molecule has 0 unspecified atom stereocenters. The summed E-state index contributed by atoms with van der Waals surface area (Å²) in [5, 5.41) is 4.05. The zero-order valence-electron chi connectivity index (χ0n) is 14.2. The molecule has 2 heterocycles. The van der Waals surface area contributed by atoms with Gasteiger partial charge >= 0.3 is 0 Å². The van der Waals surface area contributed by atoms with Crippen molar-refractivity contribution in [2.75, 3.05) is 33.3 Å². The van der Waals surface area contributed by atoms with Crippen molar-refractivity contribution < 1.29 is 14.1 Å². The van der Waals surface area contributed by atoms with Crippen molar-refractivity contribution in [2.24, 2.45) is 0 Å². The van der Waals surface area contributed by atoms with Gasteiger partial charge in [-0.3, -0.25) is 9.69 Å². The number of nitrogens with zero attached hydrogens (tertiary/aromatic N) is 3. The smallest absolute Gasteiger partial charge is 0.257 e. The van der Waals surface area contributed by atoms with Crippen LogP contribution in [0.4, 0.5) is 0 Å². The Balaban J connectivity index is 1.63. The highest BCUT2D eigenvalue weighted by atomic mass is 16.5. The second kappa shape index (κ2) is 7.49. The Kier molecular flexibility index (Phi) is 5.15. The normalized spacial score (nSPS) is 16.0. The van der Waals surface area contributed by atoms with Crippen molar-refractivity contribution in [3.05, 3.63) is 47.3 Å². The van der Waals surface area contributed by atoms with Gasteiger partial charge in [0.15, 0.2) is 0 Å².